The zero-order valence-corrected chi connectivity index (χ0v) is 5.35. The molecule has 0 unspecified atom stereocenters. The molecule has 1 radical (unpaired) electrons. The number of hydrogen-bond acceptors (Lipinski definition) is 1. The minimum Gasteiger partial charge on any atom is -0.484 e. The normalized spacial score (nSPS) is 14.4. The van der Waals surface area contributed by atoms with E-state index in [9.17, 15) is 0 Å². The third kappa shape index (κ3) is 0.580. The lowest BCUT2D eigenvalue weighted by Gasteiger charge is -2.12. The lowest BCUT2D eigenvalue weighted by atomic mass is 10.3. The molecule has 0 N–H and O–H groups in total. The highest BCUT2D eigenvalue weighted by molar-refractivity contribution is 7.94. The molecule has 0 aliphatic carbocycles. The Labute approximate surface area is 57.1 Å². The Kier molecular flexibility index (Phi) is 0.873. The highest BCUT2D eigenvalue weighted by atomic mass is 32.2. The van der Waals surface area contributed by atoms with E-state index in [4.69, 9.17) is 5.53 Å². The van der Waals surface area contributed by atoms with Crippen LogP contribution in [0, 0.1) is 6.07 Å². The standard InChI is InChI=1S/C6H3N2S/c7-8-5-3-1-2-4-6(5)9-8/h1-3H. The van der Waals surface area contributed by atoms with Crippen molar-refractivity contribution >= 4 is 17.6 Å². The van der Waals surface area contributed by atoms with Crippen molar-refractivity contribution in [3.63, 3.8) is 0 Å². The summed E-state index contributed by atoms with van der Waals surface area (Å²) in [6.07, 6.45) is 0. The molecule has 0 amide bonds. The topological polar surface area (TPSA) is 25.3 Å². The van der Waals surface area contributed by atoms with Gasteiger partial charge in [-0.05, 0) is 0 Å². The van der Waals surface area contributed by atoms with E-state index in [1.54, 1.807) is 0 Å². The first kappa shape index (κ1) is 4.99. The number of rotatable bonds is 0. The summed E-state index contributed by atoms with van der Waals surface area (Å²) >= 11 is 1.29. The summed E-state index contributed by atoms with van der Waals surface area (Å²) < 4.78 is 1.13. The predicted octanol–water partition coefficient (Wildman–Crippen LogP) is 2.17. The van der Waals surface area contributed by atoms with Crippen LogP contribution in [0.2, 0.25) is 0 Å². The molecule has 1 aliphatic rings. The van der Waals surface area contributed by atoms with Crippen LogP contribution in [0.3, 0.4) is 0 Å². The summed E-state index contributed by atoms with van der Waals surface area (Å²) in [6, 6.07) is 8.51. The molecule has 3 heteroatoms. The SMILES string of the molecule is [N-]=[N+]1Sc2[c]cccc21. The Bertz CT molecular complexity index is 270. The molecule has 1 heterocycles. The van der Waals surface area contributed by atoms with E-state index in [2.05, 4.69) is 6.07 Å². The zero-order valence-electron chi connectivity index (χ0n) is 4.53. The van der Waals surface area contributed by atoms with Crippen molar-refractivity contribution in [2.24, 2.45) is 0 Å². The first-order chi connectivity index (χ1) is 4.38. The summed E-state index contributed by atoms with van der Waals surface area (Å²) in [7, 11) is 0. The van der Waals surface area contributed by atoms with Crippen LogP contribution < -0.4 is 0 Å². The predicted molar refractivity (Wildman–Crippen MR) is 34.4 cm³/mol. The minimum absolute atomic E-state index is 0.850. The Morgan fingerprint density at radius 3 is 3.11 bits per heavy atom. The van der Waals surface area contributed by atoms with Gasteiger partial charge in [0.25, 0.3) is 0 Å². The highest BCUT2D eigenvalue weighted by Gasteiger charge is 2.25. The molecule has 1 aromatic carbocycles. The molecule has 43 valence electrons. The third-order valence-electron chi connectivity index (χ3n) is 1.18. The van der Waals surface area contributed by atoms with Crippen LogP contribution in [-0.4, -0.2) is 4.10 Å². The van der Waals surface area contributed by atoms with Crippen molar-refractivity contribution in [3.05, 3.63) is 29.8 Å². The lowest BCUT2D eigenvalue weighted by Crippen LogP contribution is -1.99. The van der Waals surface area contributed by atoms with Crippen LogP contribution in [0.5, 0.6) is 0 Å². The number of nitrogens with zero attached hydrogens (tertiary/aromatic N) is 2. The Morgan fingerprint density at radius 2 is 2.56 bits per heavy atom. The average molecular weight is 135 g/mol. The van der Waals surface area contributed by atoms with Crippen molar-refractivity contribution < 1.29 is 4.10 Å². The van der Waals surface area contributed by atoms with E-state index in [0.29, 0.717) is 0 Å². The van der Waals surface area contributed by atoms with Gasteiger partial charge in [-0.15, -0.1) is 0 Å². The molecule has 0 saturated carbocycles. The van der Waals surface area contributed by atoms with Crippen LogP contribution in [0.15, 0.2) is 23.1 Å². The molecule has 0 spiro atoms. The van der Waals surface area contributed by atoms with Gasteiger partial charge in [-0.2, -0.15) is 0 Å². The van der Waals surface area contributed by atoms with Gasteiger partial charge in [0, 0.05) is 12.1 Å². The van der Waals surface area contributed by atoms with Crippen LogP contribution in [0.4, 0.5) is 5.69 Å². The molecule has 1 aliphatic heterocycles. The molecule has 0 bridgehead atoms. The average Bonchev–Trinajstić information content (AvgIpc) is 1.86. The second-order valence-electron chi connectivity index (χ2n) is 1.75. The van der Waals surface area contributed by atoms with E-state index in [-0.39, 0.29) is 0 Å². The Hall–Kier alpha value is -0.830. The maximum atomic E-state index is 8.88. The number of benzene rings is 1. The Balaban J connectivity index is 2.63. The number of fused-ring (bicyclic) bond motifs is 1. The summed E-state index contributed by atoms with van der Waals surface area (Å²) in [5, 5.41) is 0. The van der Waals surface area contributed by atoms with Crippen LogP contribution >= 0.6 is 11.9 Å². The molecule has 0 aromatic heterocycles. The molecule has 0 atom stereocenters. The van der Waals surface area contributed by atoms with Crippen molar-refractivity contribution in [2.45, 2.75) is 4.90 Å². The molecule has 2 nitrogen and oxygen atoms in total. The lowest BCUT2D eigenvalue weighted by molar-refractivity contribution is -0.286. The van der Waals surface area contributed by atoms with E-state index < -0.39 is 0 Å². The van der Waals surface area contributed by atoms with Gasteiger partial charge in [-0.3, -0.25) is 0 Å². The molecule has 0 saturated heterocycles. The van der Waals surface area contributed by atoms with Crippen LogP contribution in [0.25, 0.3) is 5.53 Å². The largest absolute Gasteiger partial charge is 0.484 e. The molecule has 2 rings (SSSR count). The molecule has 0 fully saturated rings. The van der Waals surface area contributed by atoms with Gasteiger partial charge in [0.1, 0.15) is 0 Å². The summed E-state index contributed by atoms with van der Waals surface area (Å²) in [6.45, 7) is 0. The first-order valence-corrected chi connectivity index (χ1v) is 3.33. The summed E-state index contributed by atoms with van der Waals surface area (Å²) in [5.41, 5.74) is 9.73. The van der Waals surface area contributed by atoms with Gasteiger partial charge in [0.05, 0.1) is 0 Å². The van der Waals surface area contributed by atoms with Gasteiger partial charge >= 0.3 is 0 Å². The van der Waals surface area contributed by atoms with E-state index in [1.165, 1.54) is 11.9 Å². The quantitative estimate of drug-likeness (QED) is 0.395. The monoisotopic (exact) mass is 135 g/mol. The molecular weight excluding hydrogens is 132 g/mol. The second kappa shape index (κ2) is 1.57. The van der Waals surface area contributed by atoms with Gasteiger partial charge in [0.15, 0.2) is 16.8 Å². The van der Waals surface area contributed by atoms with E-state index >= 15 is 0 Å². The van der Waals surface area contributed by atoms with E-state index in [1.807, 2.05) is 18.2 Å². The fraction of sp³-hybridized carbons (Fsp3) is 0. The van der Waals surface area contributed by atoms with Gasteiger partial charge in [-0.1, -0.05) is 12.1 Å². The molecule has 9 heavy (non-hydrogen) atoms. The number of hydrogen-bond donors (Lipinski definition) is 0. The second-order valence-corrected chi connectivity index (χ2v) is 2.69. The smallest absolute Gasteiger partial charge is 0.228 e. The Morgan fingerprint density at radius 1 is 1.67 bits per heavy atom. The first-order valence-electron chi connectivity index (χ1n) is 2.55. The van der Waals surface area contributed by atoms with Crippen molar-refractivity contribution in [1.29, 1.82) is 0 Å². The van der Waals surface area contributed by atoms with Crippen molar-refractivity contribution in [2.75, 3.05) is 0 Å². The highest BCUT2D eigenvalue weighted by Crippen LogP contribution is 2.42. The van der Waals surface area contributed by atoms with Crippen molar-refractivity contribution in [1.82, 2.24) is 0 Å². The maximum absolute atomic E-state index is 8.88. The fourth-order valence-electron chi connectivity index (χ4n) is 0.733. The van der Waals surface area contributed by atoms with Crippen LogP contribution in [0.1, 0.15) is 0 Å². The molecular formula is C6H3N2S. The van der Waals surface area contributed by atoms with Crippen molar-refractivity contribution in [3.8, 4) is 0 Å². The van der Waals surface area contributed by atoms with Crippen LogP contribution in [-0.2, 0) is 0 Å². The minimum atomic E-state index is 0.850. The maximum Gasteiger partial charge on any atom is 0.228 e. The van der Waals surface area contributed by atoms with Gasteiger partial charge in [0.2, 0.25) is 5.69 Å². The van der Waals surface area contributed by atoms with Gasteiger partial charge < -0.3 is 5.53 Å². The van der Waals surface area contributed by atoms with E-state index in [0.717, 1.165) is 14.7 Å². The fourth-order valence-corrected chi connectivity index (χ4v) is 1.39. The summed E-state index contributed by atoms with van der Waals surface area (Å²) in [4.78, 5) is 1.01. The summed E-state index contributed by atoms with van der Waals surface area (Å²) in [5.74, 6) is 0. The van der Waals surface area contributed by atoms with Gasteiger partial charge in [-0.25, -0.2) is 4.10 Å². The zero-order chi connectivity index (χ0) is 6.27. The third-order valence-corrected chi connectivity index (χ3v) is 2.06. The molecule has 1 aromatic rings.